The summed E-state index contributed by atoms with van der Waals surface area (Å²) in [7, 11) is 1.59. The number of ether oxygens (including phenoxy) is 2. The number of amides is 2. The fourth-order valence-electron chi connectivity index (χ4n) is 2.21. The van der Waals surface area contributed by atoms with Gasteiger partial charge in [0.15, 0.2) is 6.04 Å². The lowest BCUT2D eigenvalue weighted by atomic mass is 10.2. The van der Waals surface area contributed by atoms with Crippen molar-refractivity contribution in [3.8, 4) is 0 Å². The predicted octanol–water partition coefficient (Wildman–Crippen LogP) is 0.00260. The van der Waals surface area contributed by atoms with Crippen molar-refractivity contribution in [2.45, 2.75) is 24.9 Å². The van der Waals surface area contributed by atoms with Gasteiger partial charge in [-0.25, -0.2) is 9.59 Å². The molecule has 7 nitrogen and oxygen atoms in total. The van der Waals surface area contributed by atoms with E-state index in [-0.39, 0.29) is 18.7 Å². The summed E-state index contributed by atoms with van der Waals surface area (Å²) in [5.41, 5.74) is 0. The lowest BCUT2D eigenvalue weighted by Gasteiger charge is -2.36. The van der Waals surface area contributed by atoms with Crippen LogP contribution in [0.3, 0.4) is 0 Å². The van der Waals surface area contributed by atoms with E-state index >= 15 is 0 Å². The number of aliphatic carboxylic acids is 1. The van der Waals surface area contributed by atoms with Crippen molar-refractivity contribution >= 4 is 12.0 Å². The van der Waals surface area contributed by atoms with E-state index in [4.69, 9.17) is 14.6 Å². The summed E-state index contributed by atoms with van der Waals surface area (Å²) in [6.45, 7) is 1.74. The van der Waals surface area contributed by atoms with Gasteiger partial charge in [0.1, 0.15) is 0 Å². The molecule has 0 radical (unpaired) electrons. The van der Waals surface area contributed by atoms with Crippen molar-refractivity contribution in [1.82, 2.24) is 9.80 Å². The lowest BCUT2D eigenvalue weighted by Crippen LogP contribution is -2.57. The highest BCUT2D eigenvalue weighted by Crippen LogP contribution is 2.28. The van der Waals surface area contributed by atoms with Gasteiger partial charge < -0.3 is 24.4 Å². The first-order valence-corrected chi connectivity index (χ1v) is 6.52. The van der Waals surface area contributed by atoms with Crippen molar-refractivity contribution in [3.63, 3.8) is 0 Å². The van der Waals surface area contributed by atoms with E-state index in [1.54, 1.807) is 12.0 Å². The monoisotopic (exact) mass is 272 g/mol. The first-order valence-electron chi connectivity index (χ1n) is 6.52. The zero-order valence-corrected chi connectivity index (χ0v) is 11.1. The second-order valence-electron chi connectivity index (χ2n) is 4.82. The number of carboxylic acid groups (broad SMARTS) is 1. The maximum atomic E-state index is 12.5. The number of hydrogen-bond donors (Lipinski definition) is 1. The molecule has 0 spiro atoms. The molecule has 2 fully saturated rings. The van der Waals surface area contributed by atoms with Gasteiger partial charge in [0, 0.05) is 26.2 Å². The van der Waals surface area contributed by atoms with E-state index in [0.29, 0.717) is 26.3 Å². The minimum absolute atomic E-state index is 0.0594. The van der Waals surface area contributed by atoms with E-state index in [1.165, 1.54) is 4.90 Å². The summed E-state index contributed by atoms with van der Waals surface area (Å²) in [4.78, 5) is 26.8. The number of hydrogen-bond acceptors (Lipinski definition) is 4. The fourth-order valence-corrected chi connectivity index (χ4v) is 2.21. The maximum Gasteiger partial charge on any atom is 0.328 e. The first-order chi connectivity index (χ1) is 9.15. The zero-order valence-electron chi connectivity index (χ0n) is 11.1. The van der Waals surface area contributed by atoms with E-state index < -0.39 is 12.0 Å². The largest absolute Gasteiger partial charge is 0.480 e. The van der Waals surface area contributed by atoms with Crippen molar-refractivity contribution in [2.75, 3.05) is 40.0 Å². The standard InChI is InChI=1S/C12H20N2O5/c1-18-6-4-13(9-2-3-9)12(17)14-5-7-19-8-10(14)11(15)16/h9-10H,2-8H2,1H3,(H,15,16). The second kappa shape index (κ2) is 6.21. The molecule has 1 heterocycles. The maximum absolute atomic E-state index is 12.5. The third-order valence-electron chi connectivity index (χ3n) is 3.43. The summed E-state index contributed by atoms with van der Waals surface area (Å²) in [5, 5.41) is 9.15. The Bertz CT molecular complexity index is 345. The van der Waals surface area contributed by atoms with Gasteiger partial charge in [-0.3, -0.25) is 0 Å². The SMILES string of the molecule is COCCN(C(=O)N1CCOCC1C(=O)O)C1CC1. The highest BCUT2D eigenvalue weighted by Gasteiger charge is 2.39. The Morgan fingerprint density at radius 1 is 1.47 bits per heavy atom. The number of morpholine rings is 1. The van der Waals surface area contributed by atoms with Gasteiger partial charge in [-0.15, -0.1) is 0 Å². The molecular weight excluding hydrogens is 252 g/mol. The number of carbonyl (C=O) groups is 2. The van der Waals surface area contributed by atoms with Gasteiger partial charge in [-0.1, -0.05) is 0 Å². The fraction of sp³-hybridized carbons (Fsp3) is 0.833. The highest BCUT2D eigenvalue weighted by molar-refractivity contribution is 5.83. The Morgan fingerprint density at radius 2 is 2.21 bits per heavy atom. The third-order valence-corrected chi connectivity index (χ3v) is 3.43. The van der Waals surface area contributed by atoms with Crippen LogP contribution in [0.4, 0.5) is 4.79 Å². The predicted molar refractivity (Wildman–Crippen MR) is 65.9 cm³/mol. The van der Waals surface area contributed by atoms with E-state index in [1.807, 2.05) is 0 Å². The van der Waals surface area contributed by atoms with E-state index in [2.05, 4.69) is 0 Å². The molecule has 0 aromatic heterocycles. The molecule has 1 N–H and O–H groups in total. The van der Waals surface area contributed by atoms with Gasteiger partial charge in [0.2, 0.25) is 0 Å². The number of nitrogens with zero attached hydrogens (tertiary/aromatic N) is 2. The molecule has 1 unspecified atom stereocenters. The molecule has 1 aliphatic carbocycles. The van der Waals surface area contributed by atoms with Crippen LogP contribution < -0.4 is 0 Å². The number of carbonyl (C=O) groups excluding carboxylic acids is 1. The minimum atomic E-state index is -1.02. The van der Waals surface area contributed by atoms with Crippen LogP contribution in [0.25, 0.3) is 0 Å². The Hall–Kier alpha value is -1.34. The Labute approximate surface area is 112 Å². The number of methoxy groups -OCH3 is 1. The average molecular weight is 272 g/mol. The molecular formula is C12H20N2O5. The van der Waals surface area contributed by atoms with Crippen molar-refractivity contribution in [1.29, 1.82) is 0 Å². The van der Waals surface area contributed by atoms with E-state index in [0.717, 1.165) is 12.8 Å². The van der Waals surface area contributed by atoms with Crippen LogP contribution in [0.2, 0.25) is 0 Å². The van der Waals surface area contributed by atoms with Crippen LogP contribution in [0.1, 0.15) is 12.8 Å². The highest BCUT2D eigenvalue weighted by atomic mass is 16.5. The van der Waals surface area contributed by atoms with Crippen molar-refractivity contribution < 1.29 is 24.2 Å². The molecule has 2 rings (SSSR count). The molecule has 1 atom stereocenters. The molecule has 19 heavy (non-hydrogen) atoms. The Balaban J connectivity index is 2.03. The quantitative estimate of drug-likeness (QED) is 0.762. The lowest BCUT2D eigenvalue weighted by molar-refractivity contribution is -0.147. The summed E-state index contributed by atoms with van der Waals surface area (Å²) in [6, 6.07) is -0.861. The van der Waals surface area contributed by atoms with Gasteiger partial charge >= 0.3 is 12.0 Å². The van der Waals surface area contributed by atoms with Gasteiger partial charge in [-0.05, 0) is 12.8 Å². The van der Waals surface area contributed by atoms with Crippen LogP contribution in [-0.2, 0) is 14.3 Å². The summed E-state index contributed by atoms with van der Waals surface area (Å²) in [5.74, 6) is -1.02. The molecule has 108 valence electrons. The molecule has 0 aromatic carbocycles. The Kier molecular flexibility index (Phi) is 4.60. The zero-order chi connectivity index (χ0) is 13.8. The topological polar surface area (TPSA) is 79.3 Å². The number of rotatable bonds is 5. The van der Waals surface area contributed by atoms with Crippen molar-refractivity contribution in [3.05, 3.63) is 0 Å². The molecule has 2 amide bonds. The Morgan fingerprint density at radius 3 is 2.79 bits per heavy atom. The van der Waals surface area contributed by atoms with E-state index in [9.17, 15) is 9.59 Å². The smallest absolute Gasteiger partial charge is 0.328 e. The molecule has 0 bridgehead atoms. The summed E-state index contributed by atoms with van der Waals surface area (Å²) >= 11 is 0. The summed E-state index contributed by atoms with van der Waals surface area (Å²) in [6.07, 6.45) is 1.97. The first kappa shape index (κ1) is 14.1. The van der Waals surface area contributed by atoms with Crippen LogP contribution in [0, 0.1) is 0 Å². The molecule has 7 heteroatoms. The second-order valence-corrected chi connectivity index (χ2v) is 4.82. The number of urea groups is 1. The van der Waals surface area contributed by atoms with Gasteiger partial charge in [-0.2, -0.15) is 0 Å². The van der Waals surface area contributed by atoms with Gasteiger partial charge in [0.25, 0.3) is 0 Å². The van der Waals surface area contributed by atoms with Crippen LogP contribution in [0.15, 0.2) is 0 Å². The molecule has 1 saturated carbocycles. The molecule has 1 aliphatic heterocycles. The summed E-state index contributed by atoms with van der Waals surface area (Å²) < 4.78 is 10.2. The normalized spacial score (nSPS) is 23.2. The van der Waals surface area contributed by atoms with Crippen LogP contribution in [0.5, 0.6) is 0 Å². The average Bonchev–Trinajstić information content (AvgIpc) is 3.23. The van der Waals surface area contributed by atoms with Crippen LogP contribution >= 0.6 is 0 Å². The van der Waals surface area contributed by atoms with Gasteiger partial charge in [0.05, 0.1) is 19.8 Å². The molecule has 1 saturated heterocycles. The van der Waals surface area contributed by atoms with Crippen LogP contribution in [-0.4, -0.2) is 79.0 Å². The van der Waals surface area contributed by atoms with Crippen molar-refractivity contribution in [2.24, 2.45) is 0 Å². The molecule has 2 aliphatic rings. The number of carboxylic acids is 1. The molecule has 0 aromatic rings. The minimum Gasteiger partial charge on any atom is -0.480 e. The third kappa shape index (κ3) is 3.36.